The summed E-state index contributed by atoms with van der Waals surface area (Å²) < 4.78 is 0. The third-order valence-electron chi connectivity index (χ3n) is 0.856. The average Bonchev–Trinajstić information content (AvgIpc) is 2.14. The summed E-state index contributed by atoms with van der Waals surface area (Å²) in [5.74, 6) is 0.799. The molecule has 1 N–H and O–H groups in total. The monoisotopic (exact) mass is 112 g/mol. The van der Waals surface area contributed by atoms with Crippen LogP contribution in [-0.2, 0) is 7.05 Å². The normalized spacial score (nSPS) is 9.25. The molecule has 44 valence electrons. The van der Waals surface area contributed by atoms with Crippen LogP contribution in [0.4, 0.5) is 5.82 Å². The third kappa shape index (κ3) is 0.776. The first kappa shape index (κ1) is 5.08. The van der Waals surface area contributed by atoms with Crippen molar-refractivity contribution in [1.82, 2.24) is 15.0 Å². The second-order valence-corrected chi connectivity index (χ2v) is 1.47. The van der Waals surface area contributed by atoms with Crippen molar-refractivity contribution < 1.29 is 0 Å². The number of aromatic nitrogens is 3. The standard InChI is InChI=1S/C4H8N4/c1-5-4-3-6-8(2)7-4/h3H,1-2H3,(H,5,7). The minimum atomic E-state index is 0.799. The van der Waals surface area contributed by atoms with Crippen LogP contribution < -0.4 is 5.32 Å². The fourth-order valence-electron chi connectivity index (χ4n) is 0.460. The fraction of sp³-hybridized carbons (Fsp3) is 0.500. The molecule has 0 aliphatic carbocycles. The van der Waals surface area contributed by atoms with Gasteiger partial charge in [0.25, 0.3) is 0 Å². The van der Waals surface area contributed by atoms with E-state index in [4.69, 9.17) is 0 Å². The molecule has 8 heavy (non-hydrogen) atoms. The molecular weight excluding hydrogens is 104 g/mol. The van der Waals surface area contributed by atoms with Crippen molar-refractivity contribution in [3.8, 4) is 0 Å². The zero-order valence-electron chi connectivity index (χ0n) is 4.92. The van der Waals surface area contributed by atoms with Crippen LogP contribution in [0.1, 0.15) is 0 Å². The molecule has 1 aromatic rings. The van der Waals surface area contributed by atoms with Crippen molar-refractivity contribution in [2.45, 2.75) is 0 Å². The number of nitrogens with one attached hydrogen (secondary N) is 1. The third-order valence-corrected chi connectivity index (χ3v) is 0.856. The number of rotatable bonds is 1. The minimum Gasteiger partial charge on any atom is -0.370 e. The maximum absolute atomic E-state index is 3.92. The lowest BCUT2D eigenvalue weighted by Crippen LogP contribution is -1.93. The van der Waals surface area contributed by atoms with E-state index in [0.717, 1.165) is 5.82 Å². The topological polar surface area (TPSA) is 42.7 Å². The molecule has 0 saturated heterocycles. The van der Waals surface area contributed by atoms with Gasteiger partial charge in [-0.15, -0.1) is 5.10 Å². The first-order valence-corrected chi connectivity index (χ1v) is 2.37. The van der Waals surface area contributed by atoms with E-state index < -0.39 is 0 Å². The van der Waals surface area contributed by atoms with Crippen molar-refractivity contribution in [3.05, 3.63) is 6.20 Å². The van der Waals surface area contributed by atoms with Crippen LogP contribution >= 0.6 is 0 Å². The molecule has 4 nitrogen and oxygen atoms in total. The van der Waals surface area contributed by atoms with Gasteiger partial charge in [0.2, 0.25) is 0 Å². The van der Waals surface area contributed by atoms with Crippen LogP contribution in [0.2, 0.25) is 0 Å². The van der Waals surface area contributed by atoms with Gasteiger partial charge < -0.3 is 5.32 Å². The SMILES string of the molecule is CNc1cnn(C)n1. The van der Waals surface area contributed by atoms with Gasteiger partial charge in [0, 0.05) is 14.1 Å². The highest BCUT2D eigenvalue weighted by atomic mass is 15.5. The van der Waals surface area contributed by atoms with Crippen LogP contribution in [-0.4, -0.2) is 22.0 Å². The highest BCUT2D eigenvalue weighted by Gasteiger charge is 1.88. The molecule has 0 aliphatic heterocycles. The second kappa shape index (κ2) is 1.81. The van der Waals surface area contributed by atoms with Crippen molar-refractivity contribution in [1.29, 1.82) is 0 Å². The lowest BCUT2D eigenvalue weighted by molar-refractivity contribution is 0.655. The molecule has 0 aromatic carbocycles. The smallest absolute Gasteiger partial charge is 0.168 e. The maximum Gasteiger partial charge on any atom is 0.168 e. The van der Waals surface area contributed by atoms with Gasteiger partial charge in [-0.25, -0.2) is 0 Å². The second-order valence-electron chi connectivity index (χ2n) is 1.47. The molecule has 0 bridgehead atoms. The van der Waals surface area contributed by atoms with Gasteiger partial charge in [-0.1, -0.05) is 0 Å². The molecular formula is C4H8N4. The zero-order chi connectivity index (χ0) is 5.98. The molecule has 0 unspecified atom stereocenters. The Morgan fingerprint density at radius 1 is 1.75 bits per heavy atom. The van der Waals surface area contributed by atoms with E-state index in [9.17, 15) is 0 Å². The van der Waals surface area contributed by atoms with Crippen LogP contribution in [0.3, 0.4) is 0 Å². The molecule has 0 spiro atoms. The molecule has 1 aromatic heterocycles. The molecule has 1 heterocycles. The molecule has 4 heteroatoms. The molecule has 0 radical (unpaired) electrons. The molecule has 0 aliphatic rings. The van der Waals surface area contributed by atoms with E-state index in [1.165, 1.54) is 4.80 Å². The Labute approximate surface area is 47.5 Å². The van der Waals surface area contributed by atoms with Crippen LogP contribution in [0, 0.1) is 0 Å². The number of nitrogens with zero attached hydrogens (tertiary/aromatic N) is 3. The van der Waals surface area contributed by atoms with E-state index in [1.807, 2.05) is 7.05 Å². The van der Waals surface area contributed by atoms with E-state index in [1.54, 1.807) is 13.2 Å². The molecule has 0 fully saturated rings. The van der Waals surface area contributed by atoms with Crippen LogP contribution in [0.25, 0.3) is 0 Å². The Morgan fingerprint density at radius 3 is 2.75 bits per heavy atom. The summed E-state index contributed by atoms with van der Waals surface area (Å²) >= 11 is 0. The van der Waals surface area contributed by atoms with Gasteiger partial charge in [0.05, 0.1) is 6.20 Å². The summed E-state index contributed by atoms with van der Waals surface area (Å²) in [6.45, 7) is 0. The fourth-order valence-corrected chi connectivity index (χ4v) is 0.460. The lowest BCUT2D eigenvalue weighted by atomic mass is 10.8. The van der Waals surface area contributed by atoms with Gasteiger partial charge >= 0.3 is 0 Å². The predicted octanol–water partition coefficient (Wildman–Crippen LogP) is -0.143. The number of hydrogen-bond donors (Lipinski definition) is 1. The summed E-state index contributed by atoms with van der Waals surface area (Å²) in [6, 6.07) is 0. The molecule has 0 amide bonds. The average molecular weight is 112 g/mol. The van der Waals surface area contributed by atoms with Crippen molar-refractivity contribution in [2.24, 2.45) is 7.05 Å². The Balaban J connectivity index is 2.84. The number of hydrogen-bond acceptors (Lipinski definition) is 3. The van der Waals surface area contributed by atoms with E-state index in [0.29, 0.717) is 0 Å². The highest BCUT2D eigenvalue weighted by molar-refractivity contribution is 5.26. The summed E-state index contributed by atoms with van der Waals surface area (Å²) in [4.78, 5) is 1.51. The van der Waals surface area contributed by atoms with Gasteiger partial charge in [-0.3, -0.25) is 0 Å². The Bertz CT molecular complexity index is 168. The Kier molecular flexibility index (Phi) is 1.15. The Morgan fingerprint density at radius 2 is 2.50 bits per heavy atom. The van der Waals surface area contributed by atoms with E-state index in [-0.39, 0.29) is 0 Å². The zero-order valence-corrected chi connectivity index (χ0v) is 4.92. The van der Waals surface area contributed by atoms with Crippen molar-refractivity contribution in [2.75, 3.05) is 12.4 Å². The van der Waals surface area contributed by atoms with Crippen LogP contribution in [0.15, 0.2) is 6.20 Å². The van der Waals surface area contributed by atoms with Crippen molar-refractivity contribution in [3.63, 3.8) is 0 Å². The largest absolute Gasteiger partial charge is 0.370 e. The summed E-state index contributed by atoms with van der Waals surface area (Å²) in [6.07, 6.45) is 1.67. The van der Waals surface area contributed by atoms with Gasteiger partial charge in [-0.2, -0.15) is 9.90 Å². The molecule has 0 atom stereocenters. The van der Waals surface area contributed by atoms with Gasteiger partial charge in [0.1, 0.15) is 0 Å². The number of anilines is 1. The predicted molar refractivity (Wildman–Crippen MR) is 30.5 cm³/mol. The summed E-state index contributed by atoms with van der Waals surface area (Å²) in [5, 5.41) is 10.6. The summed E-state index contributed by atoms with van der Waals surface area (Å²) in [7, 11) is 3.59. The van der Waals surface area contributed by atoms with Gasteiger partial charge in [-0.05, 0) is 0 Å². The van der Waals surface area contributed by atoms with Gasteiger partial charge in [0.15, 0.2) is 5.82 Å². The first-order valence-electron chi connectivity index (χ1n) is 2.37. The Hall–Kier alpha value is -1.06. The summed E-state index contributed by atoms with van der Waals surface area (Å²) in [5.41, 5.74) is 0. The lowest BCUT2D eigenvalue weighted by Gasteiger charge is -1.85. The van der Waals surface area contributed by atoms with Crippen LogP contribution in [0.5, 0.6) is 0 Å². The maximum atomic E-state index is 3.92. The van der Waals surface area contributed by atoms with E-state index >= 15 is 0 Å². The van der Waals surface area contributed by atoms with E-state index in [2.05, 4.69) is 15.5 Å². The first-order chi connectivity index (χ1) is 3.83. The van der Waals surface area contributed by atoms with Crippen molar-refractivity contribution >= 4 is 5.82 Å². The minimum absolute atomic E-state index is 0.799. The number of aryl methyl sites for hydroxylation is 1. The molecule has 1 rings (SSSR count). The molecule has 0 saturated carbocycles. The highest BCUT2D eigenvalue weighted by Crippen LogP contribution is 1.92. The quantitative estimate of drug-likeness (QED) is 0.549.